The third-order valence-corrected chi connectivity index (χ3v) is 4.27. The van der Waals surface area contributed by atoms with Crippen LogP contribution in [0.1, 0.15) is 16.7 Å². The summed E-state index contributed by atoms with van der Waals surface area (Å²) in [6.45, 7) is 0.167. The topological polar surface area (TPSA) is 85.4 Å². The van der Waals surface area contributed by atoms with Crippen LogP contribution in [0.25, 0.3) is 11.6 Å². The average molecular weight is 404 g/mol. The van der Waals surface area contributed by atoms with Crippen LogP contribution in [0.3, 0.4) is 0 Å². The van der Waals surface area contributed by atoms with Crippen molar-refractivity contribution in [2.75, 3.05) is 7.11 Å². The molecule has 0 heterocycles. The number of nitrogens with zero attached hydrogens (tertiary/aromatic N) is 2. The highest BCUT2D eigenvalue weighted by molar-refractivity contribution is 5.90. The lowest BCUT2D eigenvalue weighted by Gasteiger charge is -2.12. The van der Waals surface area contributed by atoms with Crippen LogP contribution < -0.4 is 9.47 Å². The van der Waals surface area contributed by atoms with E-state index in [1.54, 1.807) is 42.5 Å². The molecule has 0 unspecified atom stereocenters. The van der Waals surface area contributed by atoms with Crippen molar-refractivity contribution in [1.82, 2.24) is 0 Å². The Morgan fingerprint density at radius 2 is 1.93 bits per heavy atom. The second-order valence-electron chi connectivity index (χ2n) is 6.31. The molecule has 3 aromatic carbocycles. The van der Waals surface area contributed by atoms with Gasteiger partial charge in [0.2, 0.25) is 0 Å². The first kappa shape index (κ1) is 20.6. The van der Waals surface area contributed by atoms with Crippen LogP contribution in [0.4, 0.5) is 10.1 Å². The Kier molecular flexibility index (Phi) is 6.40. The number of nitro groups is 1. The first-order valence-electron chi connectivity index (χ1n) is 8.92. The van der Waals surface area contributed by atoms with Crippen molar-refractivity contribution in [2.24, 2.45) is 0 Å². The fourth-order valence-electron chi connectivity index (χ4n) is 2.81. The lowest BCUT2D eigenvalue weighted by molar-refractivity contribution is -0.384. The number of rotatable bonds is 7. The number of allylic oxidation sites excluding steroid dienone is 1. The van der Waals surface area contributed by atoms with Crippen LogP contribution in [0, 0.1) is 27.3 Å². The molecule has 0 bridgehead atoms. The Balaban J connectivity index is 1.85. The zero-order chi connectivity index (χ0) is 21.5. The van der Waals surface area contributed by atoms with Crippen LogP contribution in [-0.4, -0.2) is 12.0 Å². The molecule has 3 aromatic rings. The van der Waals surface area contributed by atoms with Gasteiger partial charge in [-0.05, 0) is 47.0 Å². The fourth-order valence-corrected chi connectivity index (χ4v) is 2.81. The normalized spacial score (nSPS) is 10.9. The van der Waals surface area contributed by atoms with E-state index in [1.165, 1.54) is 37.4 Å². The third-order valence-electron chi connectivity index (χ3n) is 4.27. The maximum absolute atomic E-state index is 13.3. The standard InChI is InChI=1S/C23H17FN2O4/c1-29-23-12-16(8-9-22(23)30-15-17-4-2-6-20(24)11-17)10-19(14-25)18-5-3-7-21(13-18)26(27)28/h2-13H,15H2,1H3/b19-10-. The lowest BCUT2D eigenvalue weighted by atomic mass is 10.0. The average Bonchev–Trinajstić information content (AvgIpc) is 2.76. The molecule has 0 amide bonds. The molecule has 0 saturated heterocycles. The maximum Gasteiger partial charge on any atom is 0.270 e. The largest absolute Gasteiger partial charge is 0.493 e. The highest BCUT2D eigenvalue weighted by Gasteiger charge is 2.10. The monoisotopic (exact) mass is 404 g/mol. The summed E-state index contributed by atoms with van der Waals surface area (Å²) >= 11 is 0. The number of hydrogen-bond acceptors (Lipinski definition) is 5. The minimum absolute atomic E-state index is 0.0904. The molecule has 30 heavy (non-hydrogen) atoms. The SMILES string of the molecule is COc1cc(/C=C(/C#N)c2cccc([N+](=O)[O-])c2)ccc1OCc1cccc(F)c1. The van der Waals surface area contributed by atoms with E-state index in [2.05, 4.69) is 6.07 Å². The molecule has 0 radical (unpaired) electrons. The Bertz CT molecular complexity index is 1150. The Labute approximate surface area is 172 Å². The van der Waals surface area contributed by atoms with Crippen molar-refractivity contribution >= 4 is 17.3 Å². The Morgan fingerprint density at radius 1 is 1.13 bits per heavy atom. The van der Waals surface area contributed by atoms with Gasteiger partial charge in [-0.15, -0.1) is 0 Å². The summed E-state index contributed by atoms with van der Waals surface area (Å²) in [4.78, 5) is 10.5. The third kappa shape index (κ3) is 5.00. The van der Waals surface area contributed by atoms with Gasteiger partial charge >= 0.3 is 0 Å². The summed E-state index contributed by atoms with van der Waals surface area (Å²) < 4.78 is 24.4. The molecular formula is C23H17FN2O4. The van der Waals surface area contributed by atoms with Gasteiger partial charge in [-0.1, -0.05) is 30.3 Å². The molecule has 0 aliphatic carbocycles. The molecule has 0 atom stereocenters. The van der Waals surface area contributed by atoms with Crippen molar-refractivity contribution in [3.05, 3.63) is 99.4 Å². The fraction of sp³-hybridized carbons (Fsp3) is 0.0870. The van der Waals surface area contributed by atoms with E-state index in [0.717, 1.165) is 0 Å². The molecule has 0 N–H and O–H groups in total. The molecular weight excluding hydrogens is 387 g/mol. The quantitative estimate of drug-likeness (QED) is 0.228. The van der Waals surface area contributed by atoms with Crippen LogP contribution in [0.5, 0.6) is 11.5 Å². The van der Waals surface area contributed by atoms with Gasteiger partial charge in [0.05, 0.1) is 23.7 Å². The first-order chi connectivity index (χ1) is 14.5. The number of nitriles is 1. The molecule has 0 aromatic heterocycles. The number of methoxy groups -OCH3 is 1. The summed E-state index contributed by atoms with van der Waals surface area (Å²) in [5.41, 5.74) is 1.96. The van der Waals surface area contributed by atoms with Crippen molar-refractivity contribution in [3.8, 4) is 17.6 Å². The molecule has 150 valence electrons. The second kappa shape index (κ2) is 9.34. The van der Waals surface area contributed by atoms with E-state index >= 15 is 0 Å². The zero-order valence-electron chi connectivity index (χ0n) is 16.0. The number of hydrogen-bond donors (Lipinski definition) is 0. The summed E-state index contributed by atoms with van der Waals surface area (Å²) in [7, 11) is 1.49. The second-order valence-corrected chi connectivity index (χ2v) is 6.31. The minimum atomic E-state index is -0.508. The molecule has 6 nitrogen and oxygen atoms in total. The smallest absolute Gasteiger partial charge is 0.270 e. The van der Waals surface area contributed by atoms with Crippen molar-refractivity contribution in [1.29, 1.82) is 5.26 Å². The molecule has 0 aliphatic heterocycles. The van der Waals surface area contributed by atoms with Gasteiger partial charge in [0, 0.05) is 12.1 Å². The van der Waals surface area contributed by atoms with Gasteiger partial charge < -0.3 is 9.47 Å². The number of halogens is 1. The Morgan fingerprint density at radius 3 is 2.63 bits per heavy atom. The van der Waals surface area contributed by atoms with Crippen molar-refractivity contribution < 1.29 is 18.8 Å². The van der Waals surface area contributed by atoms with Gasteiger partial charge in [-0.2, -0.15) is 5.26 Å². The molecule has 0 aliphatic rings. The van der Waals surface area contributed by atoms with Crippen LogP contribution in [0.2, 0.25) is 0 Å². The zero-order valence-corrected chi connectivity index (χ0v) is 16.0. The minimum Gasteiger partial charge on any atom is -0.493 e. The Hall–Kier alpha value is -4.18. The van der Waals surface area contributed by atoms with E-state index in [0.29, 0.717) is 28.2 Å². The van der Waals surface area contributed by atoms with Crippen LogP contribution in [-0.2, 0) is 6.61 Å². The summed E-state index contributed by atoms with van der Waals surface area (Å²) in [6, 6.07) is 19.2. The predicted octanol–water partition coefficient (Wildman–Crippen LogP) is 5.39. The van der Waals surface area contributed by atoms with E-state index in [-0.39, 0.29) is 23.7 Å². The summed E-state index contributed by atoms with van der Waals surface area (Å²) in [5, 5.41) is 20.5. The van der Waals surface area contributed by atoms with E-state index in [4.69, 9.17) is 9.47 Å². The summed E-state index contributed by atoms with van der Waals surface area (Å²) in [5.74, 6) is 0.568. The highest BCUT2D eigenvalue weighted by atomic mass is 19.1. The molecule has 3 rings (SSSR count). The maximum atomic E-state index is 13.3. The van der Waals surface area contributed by atoms with Crippen LogP contribution in [0.15, 0.2) is 66.7 Å². The van der Waals surface area contributed by atoms with Gasteiger partial charge in [0.15, 0.2) is 11.5 Å². The summed E-state index contributed by atoms with van der Waals surface area (Å²) in [6.07, 6.45) is 1.61. The molecule has 0 fully saturated rings. The predicted molar refractivity (Wildman–Crippen MR) is 110 cm³/mol. The number of non-ortho nitro benzene ring substituents is 1. The molecule has 7 heteroatoms. The molecule has 0 spiro atoms. The van der Waals surface area contributed by atoms with Gasteiger partial charge in [0.25, 0.3) is 5.69 Å². The number of ether oxygens (including phenoxy) is 2. The first-order valence-corrected chi connectivity index (χ1v) is 8.92. The van der Waals surface area contributed by atoms with E-state index in [9.17, 15) is 19.8 Å². The van der Waals surface area contributed by atoms with Gasteiger partial charge in [-0.25, -0.2) is 4.39 Å². The highest BCUT2D eigenvalue weighted by Crippen LogP contribution is 2.31. The van der Waals surface area contributed by atoms with Crippen LogP contribution >= 0.6 is 0 Å². The van der Waals surface area contributed by atoms with Crippen molar-refractivity contribution in [3.63, 3.8) is 0 Å². The van der Waals surface area contributed by atoms with Gasteiger partial charge in [-0.3, -0.25) is 10.1 Å². The van der Waals surface area contributed by atoms with E-state index < -0.39 is 4.92 Å². The van der Waals surface area contributed by atoms with E-state index in [1.807, 2.05) is 0 Å². The molecule has 0 saturated carbocycles. The van der Waals surface area contributed by atoms with Crippen molar-refractivity contribution in [2.45, 2.75) is 6.61 Å². The lowest BCUT2D eigenvalue weighted by Crippen LogP contribution is -1.98. The van der Waals surface area contributed by atoms with Gasteiger partial charge in [0.1, 0.15) is 12.4 Å². The number of benzene rings is 3. The number of nitro benzene ring substituents is 1.